The van der Waals surface area contributed by atoms with Gasteiger partial charge in [-0.3, -0.25) is 4.90 Å². The van der Waals surface area contributed by atoms with E-state index in [2.05, 4.69) is 5.92 Å². The number of rotatable bonds is 2. The molecule has 1 aliphatic rings. The number of terminal acetylenes is 1. The van der Waals surface area contributed by atoms with E-state index in [0.29, 0.717) is 13.2 Å². The number of benzene rings is 1. The molecule has 88 valence electrons. The second-order valence-corrected chi connectivity index (χ2v) is 4.06. The fraction of sp³-hybridized carbons (Fsp3) is 0.357. The molecule has 3 nitrogen and oxygen atoms in total. The van der Waals surface area contributed by atoms with Crippen LogP contribution >= 0.6 is 0 Å². The summed E-state index contributed by atoms with van der Waals surface area (Å²) in [5, 5.41) is 0. The minimum Gasteiger partial charge on any atom is -0.445 e. The summed E-state index contributed by atoms with van der Waals surface area (Å²) in [6.45, 7) is 0.996. The van der Waals surface area contributed by atoms with Gasteiger partial charge in [-0.1, -0.05) is 36.3 Å². The second-order valence-electron chi connectivity index (χ2n) is 4.06. The summed E-state index contributed by atoms with van der Waals surface area (Å²) in [7, 11) is 0. The molecule has 0 aliphatic carbocycles. The molecule has 2 rings (SSSR count). The fourth-order valence-corrected chi connectivity index (χ4v) is 1.96. The molecule has 0 aromatic heterocycles. The van der Waals surface area contributed by atoms with Gasteiger partial charge in [0.2, 0.25) is 0 Å². The lowest BCUT2D eigenvalue weighted by molar-refractivity contribution is 0.0984. The summed E-state index contributed by atoms with van der Waals surface area (Å²) < 4.78 is 5.24. The van der Waals surface area contributed by atoms with Gasteiger partial charge >= 0.3 is 6.09 Å². The first-order valence-electron chi connectivity index (χ1n) is 5.74. The van der Waals surface area contributed by atoms with Crippen LogP contribution in [0.5, 0.6) is 0 Å². The quantitative estimate of drug-likeness (QED) is 0.729. The second kappa shape index (κ2) is 5.40. The highest BCUT2D eigenvalue weighted by molar-refractivity contribution is 5.69. The SMILES string of the molecule is C#C[C@@H]1CCCN1C(=O)OCc1ccccc1. The molecule has 1 aliphatic heterocycles. The minimum atomic E-state index is -0.311. The number of likely N-dealkylation sites (tertiary alicyclic amines) is 1. The van der Waals surface area contributed by atoms with E-state index in [1.54, 1.807) is 4.90 Å². The first kappa shape index (κ1) is 11.5. The van der Waals surface area contributed by atoms with Crippen molar-refractivity contribution in [2.24, 2.45) is 0 Å². The third-order valence-corrected chi connectivity index (χ3v) is 2.88. The molecule has 1 saturated heterocycles. The van der Waals surface area contributed by atoms with Crippen LogP contribution in [-0.2, 0) is 11.3 Å². The van der Waals surface area contributed by atoms with Gasteiger partial charge in [0.05, 0.1) is 6.04 Å². The molecule has 1 aromatic carbocycles. The van der Waals surface area contributed by atoms with E-state index in [-0.39, 0.29) is 12.1 Å². The van der Waals surface area contributed by atoms with E-state index in [9.17, 15) is 4.79 Å². The van der Waals surface area contributed by atoms with Crippen molar-refractivity contribution in [2.75, 3.05) is 6.54 Å². The van der Waals surface area contributed by atoms with Gasteiger partial charge in [-0.05, 0) is 18.4 Å². The average molecular weight is 229 g/mol. The Morgan fingerprint density at radius 3 is 2.94 bits per heavy atom. The summed E-state index contributed by atoms with van der Waals surface area (Å²) in [5.41, 5.74) is 0.984. The Kier molecular flexibility index (Phi) is 3.66. The monoisotopic (exact) mass is 229 g/mol. The van der Waals surface area contributed by atoms with E-state index >= 15 is 0 Å². The first-order valence-corrected chi connectivity index (χ1v) is 5.74. The number of hydrogen-bond acceptors (Lipinski definition) is 2. The highest BCUT2D eigenvalue weighted by Gasteiger charge is 2.28. The van der Waals surface area contributed by atoms with Gasteiger partial charge in [0.25, 0.3) is 0 Å². The number of nitrogens with zero attached hydrogens (tertiary/aromatic N) is 1. The third-order valence-electron chi connectivity index (χ3n) is 2.88. The number of ether oxygens (including phenoxy) is 1. The lowest BCUT2D eigenvalue weighted by Crippen LogP contribution is -2.34. The van der Waals surface area contributed by atoms with Crippen LogP contribution in [0.15, 0.2) is 30.3 Å². The largest absolute Gasteiger partial charge is 0.445 e. The average Bonchev–Trinajstić information content (AvgIpc) is 2.85. The normalized spacial score (nSPS) is 18.8. The zero-order valence-electron chi connectivity index (χ0n) is 9.63. The molecule has 1 amide bonds. The van der Waals surface area contributed by atoms with E-state index < -0.39 is 0 Å². The van der Waals surface area contributed by atoms with Crippen molar-refractivity contribution in [3.8, 4) is 12.3 Å². The molecule has 1 atom stereocenters. The summed E-state index contributed by atoms with van der Waals surface area (Å²) in [5.74, 6) is 2.62. The van der Waals surface area contributed by atoms with Crippen molar-refractivity contribution >= 4 is 6.09 Å². The molecule has 1 heterocycles. The summed E-state index contributed by atoms with van der Waals surface area (Å²) in [6.07, 6.45) is 6.88. The number of carbonyl (C=O) groups is 1. The maximum Gasteiger partial charge on any atom is 0.411 e. The van der Waals surface area contributed by atoms with Crippen molar-refractivity contribution < 1.29 is 9.53 Å². The van der Waals surface area contributed by atoms with Gasteiger partial charge in [-0.25, -0.2) is 4.79 Å². The lowest BCUT2D eigenvalue weighted by Gasteiger charge is -2.19. The zero-order chi connectivity index (χ0) is 12.1. The zero-order valence-corrected chi connectivity index (χ0v) is 9.63. The molecule has 0 N–H and O–H groups in total. The molecule has 0 spiro atoms. The number of carbonyl (C=O) groups excluding carboxylic acids is 1. The van der Waals surface area contributed by atoms with Gasteiger partial charge in [0, 0.05) is 6.54 Å². The molecule has 17 heavy (non-hydrogen) atoms. The Bertz CT molecular complexity index is 422. The van der Waals surface area contributed by atoms with Crippen molar-refractivity contribution in [3.63, 3.8) is 0 Å². The fourth-order valence-electron chi connectivity index (χ4n) is 1.96. The Labute approximate surface area is 101 Å². The van der Waals surface area contributed by atoms with Gasteiger partial charge in [0.15, 0.2) is 0 Å². The minimum absolute atomic E-state index is 0.0988. The van der Waals surface area contributed by atoms with Crippen LogP contribution in [0.2, 0.25) is 0 Å². The van der Waals surface area contributed by atoms with Crippen LogP contribution < -0.4 is 0 Å². The van der Waals surface area contributed by atoms with Crippen LogP contribution in [0.1, 0.15) is 18.4 Å². The van der Waals surface area contributed by atoms with Gasteiger partial charge in [0.1, 0.15) is 6.61 Å². The maximum atomic E-state index is 11.8. The molecule has 0 bridgehead atoms. The highest BCUT2D eigenvalue weighted by Crippen LogP contribution is 2.17. The molecule has 0 unspecified atom stereocenters. The predicted molar refractivity (Wildman–Crippen MR) is 65.2 cm³/mol. The summed E-state index contributed by atoms with van der Waals surface area (Å²) in [4.78, 5) is 13.4. The Morgan fingerprint density at radius 1 is 1.47 bits per heavy atom. The van der Waals surface area contributed by atoms with Crippen molar-refractivity contribution in [2.45, 2.75) is 25.5 Å². The van der Waals surface area contributed by atoms with Crippen LogP contribution in [0.25, 0.3) is 0 Å². The third kappa shape index (κ3) is 2.79. The van der Waals surface area contributed by atoms with Crippen molar-refractivity contribution in [1.29, 1.82) is 0 Å². The van der Waals surface area contributed by atoms with Gasteiger partial charge < -0.3 is 4.74 Å². The lowest BCUT2D eigenvalue weighted by atomic mass is 10.2. The standard InChI is InChI=1S/C14H15NO2/c1-2-13-9-6-10-15(13)14(16)17-11-12-7-4-3-5-8-12/h1,3-5,7-8,13H,6,9-11H2/t13-/m1/s1. The van der Waals surface area contributed by atoms with Crippen LogP contribution in [0.4, 0.5) is 4.79 Å². The van der Waals surface area contributed by atoms with Crippen molar-refractivity contribution in [3.05, 3.63) is 35.9 Å². The molecular weight excluding hydrogens is 214 g/mol. The first-order chi connectivity index (χ1) is 8.31. The van der Waals surface area contributed by atoms with Crippen LogP contribution in [0.3, 0.4) is 0 Å². The van der Waals surface area contributed by atoms with Gasteiger partial charge in [-0.15, -0.1) is 6.42 Å². The van der Waals surface area contributed by atoms with Crippen LogP contribution in [-0.4, -0.2) is 23.6 Å². The molecule has 3 heteroatoms. The van der Waals surface area contributed by atoms with Crippen LogP contribution in [0, 0.1) is 12.3 Å². The van der Waals surface area contributed by atoms with E-state index in [1.165, 1.54) is 0 Å². The van der Waals surface area contributed by atoms with E-state index in [0.717, 1.165) is 18.4 Å². The maximum absolute atomic E-state index is 11.8. The van der Waals surface area contributed by atoms with Gasteiger partial charge in [-0.2, -0.15) is 0 Å². The Morgan fingerprint density at radius 2 is 2.24 bits per heavy atom. The predicted octanol–water partition coefficient (Wildman–Crippen LogP) is 2.42. The number of amides is 1. The Balaban J connectivity index is 1.88. The molecule has 0 radical (unpaired) electrons. The topological polar surface area (TPSA) is 29.5 Å². The van der Waals surface area contributed by atoms with Crippen molar-refractivity contribution in [1.82, 2.24) is 4.90 Å². The molecular formula is C14H15NO2. The summed E-state index contributed by atoms with van der Waals surface area (Å²) >= 11 is 0. The Hall–Kier alpha value is -1.95. The molecule has 1 fully saturated rings. The highest BCUT2D eigenvalue weighted by atomic mass is 16.6. The van der Waals surface area contributed by atoms with E-state index in [1.807, 2.05) is 30.3 Å². The van der Waals surface area contributed by atoms with E-state index in [4.69, 9.17) is 11.2 Å². The molecule has 1 aromatic rings. The summed E-state index contributed by atoms with van der Waals surface area (Å²) in [6, 6.07) is 9.52. The number of hydrogen-bond donors (Lipinski definition) is 0. The smallest absolute Gasteiger partial charge is 0.411 e. The molecule has 0 saturated carbocycles.